The molecule has 66 heavy (non-hydrogen) atoms. The molecule has 7 atom stereocenters. The zero-order valence-electron chi connectivity index (χ0n) is 35.7. The highest BCUT2D eigenvalue weighted by Crippen LogP contribution is 2.18. The lowest BCUT2D eigenvalue weighted by Crippen LogP contribution is -2.57. The van der Waals surface area contributed by atoms with Crippen LogP contribution in [0.25, 0.3) is 0 Å². The van der Waals surface area contributed by atoms with Gasteiger partial charge >= 0.3 is 11.9 Å². The molecule has 0 aromatic heterocycles. The van der Waals surface area contributed by atoms with Crippen molar-refractivity contribution in [3.63, 3.8) is 0 Å². The van der Waals surface area contributed by atoms with Gasteiger partial charge in [-0.15, -0.1) is 0 Å². The van der Waals surface area contributed by atoms with Crippen LogP contribution in [-0.4, -0.2) is 179 Å². The highest BCUT2D eigenvalue weighted by atomic mass is 32.1. The van der Waals surface area contributed by atoms with Gasteiger partial charge in [-0.25, -0.2) is 4.79 Å². The first-order chi connectivity index (χ1) is 31.0. The Morgan fingerprint density at radius 3 is 1.64 bits per heavy atom. The molecule has 0 aromatic carbocycles. The lowest BCUT2D eigenvalue weighted by atomic mass is 10.1. The molecule has 1 rings (SSSR count). The number of thiol groups is 2. The Bertz CT molecular complexity index is 1810. The number of nitrogens with zero attached hydrogens (tertiary/aromatic N) is 1. The Hall–Kier alpha value is -6.63. The summed E-state index contributed by atoms with van der Waals surface area (Å²) < 4.78 is 0. The van der Waals surface area contributed by atoms with E-state index in [0.717, 1.165) is 4.90 Å². The van der Waals surface area contributed by atoms with Crippen LogP contribution in [0.3, 0.4) is 0 Å². The fourth-order valence-corrected chi connectivity index (χ4v) is 6.42. The molecule has 1 heterocycles. The SMILES string of the molecule is N=C(N)NCCC[C@H](NC(=O)CNC(=O)[C@H](CC(N)=O)NC(=O)[C@H](CCCNC(=N)N)NC(=O)[C@@H](N)CS)C(=O)NCC(=O)N1CCC[C@H]1C(=O)N[C@@H](CC(=O)O)C(=O)N[C@@H](CS)C(=O)O. The summed E-state index contributed by atoms with van der Waals surface area (Å²) in [5.74, 6) is -12.5. The smallest absolute Gasteiger partial charge is 0.327 e. The van der Waals surface area contributed by atoms with Gasteiger partial charge in [-0.3, -0.25) is 58.8 Å². The lowest BCUT2D eigenvalue weighted by molar-refractivity contribution is -0.144. The second kappa shape index (κ2) is 29.7. The molecule has 1 aliphatic rings. The number of primary amides is 1. The molecule has 21 N–H and O–H groups in total. The molecule has 0 spiro atoms. The highest BCUT2D eigenvalue weighted by molar-refractivity contribution is 7.80. The zero-order chi connectivity index (χ0) is 50.1. The second-order valence-corrected chi connectivity index (χ2v) is 15.3. The number of amides is 9. The summed E-state index contributed by atoms with van der Waals surface area (Å²) in [6.45, 7) is -1.29. The van der Waals surface area contributed by atoms with Gasteiger partial charge < -0.3 is 85.9 Å². The molecular formula is C35H60N16O13S2. The first kappa shape index (κ1) is 57.4. The predicted octanol–water partition coefficient (Wildman–Crippen LogP) is -8.22. The highest BCUT2D eigenvalue weighted by Gasteiger charge is 2.37. The molecule has 0 saturated carbocycles. The van der Waals surface area contributed by atoms with Crippen LogP contribution >= 0.6 is 25.3 Å². The fraction of sp³-hybridized carbons (Fsp3) is 0.629. The summed E-state index contributed by atoms with van der Waals surface area (Å²) in [5.41, 5.74) is 21.6. The molecule has 1 saturated heterocycles. The number of carboxylic acid groups (broad SMARTS) is 2. The number of rotatable bonds is 30. The van der Waals surface area contributed by atoms with E-state index < -0.39 is 133 Å². The molecule has 0 radical (unpaired) electrons. The van der Waals surface area contributed by atoms with Gasteiger partial charge in [0.2, 0.25) is 53.2 Å². The van der Waals surface area contributed by atoms with Crippen LogP contribution in [0.15, 0.2) is 0 Å². The number of nitrogens with one attached hydrogen (secondary N) is 11. The molecule has 370 valence electrons. The molecule has 0 bridgehead atoms. The fourth-order valence-electron chi connectivity index (χ4n) is 6.01. The molecule has 0 unspecified atom stereocenters. The maximum atomic E-state index is 13.4. The molecule has 1 fully saturated rings. The molecule has 0 aromatic rings. The average molecular weight is 977 g/mol. The Labute approximate surface area is 388 Å². The maximum absolute atomic E-state index is 13.4. The van der Waals surface area contributed by atoms with Gasteiger partial charge in [0.05, 0.1) is 32.0 Å². The summed E-state index contributed by atoms with van der Waals surface area (Å²) in [6.07, 6.45) is -1.11. The number of guanidine groups is 2. The van der Waals surface area contributed by atoms with Crippen molar-refractivity contribution in [3.05, 3.63) is 0 Å². The van der Waals surface area contributed by atoms with Crippen molar-refractivity contribution in [2.45, 2.75) is 93.7 Å². The maximum Gasteiger partial charge on any atom is 0.327 e. The van der Waals surface area contributed by atoms with Crippen LogP contribution in [0, 0.1) is 10.8 Å². The minimum absolute atomic E-state index is 0.0230. The van der Waals surface area contributed by atoms with Crippen LogP contribution in [0.2, 0.25) is 0 Å². The molecular weight excluding hydrogens is 917 g/mol. The number of aliphatic carboxylic acids is 2. The van der Waals surface area contributed by atoms with Gasteiger partial charge in [0, 0.05) is 31.1 Å². The zero-order valence-corrected chi connectivity index (χ0v) is 37.5. The van der Waals surface area contributed by atoms with Gasteiger partial charge in [0.15, 0.2) is 11.9 Å². The van der Waals surface area contributed by atoms with Crippen molar-refractivity contribution in [2.75, 3.05) is 44.2 Å². The predicted molar refractivity (Wildman–Crippen MR) is 238 cm³/mol. The third-order valence-corrected chi connectivity index (χ3v) is 10.1. The van der Waals surface area contributed by atoms with E-state index in [9.17, 15) is 63.0 Å². The third-order valence-electron chi connectivity index (χ3n) is 9.35. The minimum atomic E-state index is -1.72. The quantitative estimate of drug-likeness (QED) is 0.0138. The van der Waals surface area contributed by atoms with Crippen molar-refractivity contribution < 1.29 is 63.0 Å². The van der Waals surface area contributed by atoms with Gasteiger partial charge in [0.1, 0.15) is 36.3 Å². The van der Waals surface area contributed by atoms with Gasteiger partial charge in [-0.1, -0.05) is 0 Å². The number of carboxylic acids is 2. The normalized spacial score (nSPS) is 15.7. The summed E-state index contributed by atoms with van der Waals surface area (Å²) in [7, 11) is 0. The number of hydrogen-bond acceptors (Lipinski definition) is 16. The van der Waals surface area contributed by atoms with Crippen LogP contribution in [0.5, 0.6) is 0 Å². The molecule has 29 nitrogen and oxygen atoms in total. The van der Waals surface area contributed by atoms with Gasteiger partial charge in [-0.2, -0.15) is 25.3 Å². The van der Waals surface area contributed by atoms with Crippen molar-refractivity contribution in [3.8, 4) is 0 Å². The van der Waals surface area contributed by atoms with Crippen LogP contribution < -0.4 is 70.8 Å². The van der Waals surface area contributed by atoms with Gasteiger partial charge in [-0.05, 0) is 38.5 Å². The first-order valence-corrected chi connectivity index (χ1v) is 21.5. The van der Waals surface area contributed by atoms with E-state index in [2.05, 4.69) is 73.1 Å². The van der Waals surface area contributed by atoms with Crippen LogP contribution in [0.1, 0.15) is 51.4 Å². The van der Waals surface area contributed by atoms with E-state index in [-0.39, 0.29) is 75.2 Å². The van der Waals surface area contributed by atoms with Crippen molar-refractivity contribution >= 4 is 102 Å². The van der Waals surface area contributed by atoms with E-state index in [4.69, 9.17) is 33.8 Å². The average Bonchev–Trinajstić information content (AvgIpc) is 3.75. The van der Waals surface area contributed by atoms with Gasteiger partial charge in [0.25, 0.3) is 0 Å². The Balaban J connectivity index is 3.07. The van der Waals surface area contributed by atoms with Crippen molar-refractivity contribution in [1.29, 1.82) is 10.8 Å². The molecule has 9 amide bonds. The molecule has 0 aliphatic carbocycles. The Kier molecular flexibility index (Phi) is 25.9. The van der Waals surface area contributed by atoms with E-state index in [1.165, 1.54) is 0 Å². The number of hydrogen-bond donors (Lipinski definition) is 19. The van der Waals surface area contributed by atoms with E-state index in [0.29, 0.717) is 6.42 Å². The van der Waals surface area contributed by atoms with Crippen LogP contribution in [0.4, 0.5) is 0 Å². The van der Waals surface area contributed by atoms with Crippen LogP contribution in [-0.2, 0) is 52.7 Å². The number of carbonyl (C=O) groups excluding carboxylic acids is 9. The van der Waals surface area contributed by atoms with Crippen molar-refractivity contribution in [1.82, 2.24) is 52.8 Å². The molecule has 31 heteroatoms. The summed E-state index contributed by atoms with van der Waals surface area (Å²) in [6, 6.07) is -9.86. The molecule has 1 aliphatic heterocycles. The Morgan fingerprint density at radius 1 is 0.621 bits per heavy atom. The Morgan fingerprint density at radius 2 is 1.12 bits per heavy atom. The summed E-state index contributed by atoms with van der Waals surface area (Å²) in [5, 5.41) is 54.3. The van der Waals surface area contributed by atoms with E-state index in [1.54, 1.807) is 0 Å². The first-order valence-electron chi connectivity index (χ1n) is 20.2. The van der Waals surface area contributed by atoms with E-state index in [1.807, 2.05) is 0 Å². The number of likely N-dealkylation sites (tertiary alicyclic amines) is 1. The summed E-state index contributed by atoms with van der Waals surface area (Å²) >= 11 is 7.80. The van der Waals surface area contributed by atoms with Crippen molar-refractivity contribution in [2.24, 2.45) is 22.9 Å². The number of nitrogens with two attached hydrogens (primary N) is 4. The van der Waals surface area contributed by atoms with E-state index >= 15 is 0 Å². The largest absolute Gasteiger partial charge is 0.481 e. The minimum Gasteiger partial charge on any atom is -0.481 e. The topological polar surface area (TPSA) is 492 Å². The lowest BCUT2D eigenvalue weighted by Gasteiger charge is -2.27. The summed E-state index contributed by atoms with van der Waals surface area (Å²) in [4.78, 5) is 141. The number of carbonyl (C=O) groups is 11. The monoisotopic (exact) mass is 976 g/mol. The second-order valence-electron chi connectivity index (χ2n) is 14.6. The third kappa shape index (κ3) is 21.8. The standard InChI is InChI=1S/C35H60N16O13S2/c36-16(14-65)27(57)47-18(5-2-8-43-35(40)41)30(60)48-19(10-23(37)52)29(59)44-12-24(53)46-17(4-1-7-42-34(38)39)28(58)45-13-25(54)51-9-3-6-22(51)32(62)49-20(11-26(55)56)31(61)50-21(15-66)33(63)64/h16-22,65-66H,1-15,36H2,(H2,37,52)(H,44,59)(H,45,58)(H,46,53)(H,47,57)(H,48,60)(H,49,62)(H,50,61)(H,55,56)(H,63,64)(H4,38,39,42)(H4,40,41,43)/t16-,17-,18-,19-,20-,21-,22-/m0/s1.